The first-order chi connectivity index (χ1) is 12.6. The number of benzene rings is 1. The van der Waals surface area contributed by atoms with Crippen molar-refractivity contribution >= 4 is 9.28 Å². The zero-order valence-corrected chi connectivity index (χ0v) is 16.7. The van der Waals surface area contributed by atoms with Crippen molar-refractivity contribution in [2.45, 2.75) is 64.3 Å². The third-order valence-electron chi connectivity index (χ3n) is 3.82. The van der Waals surface area contributed by atoms with E-state index < -0.39 is 32.8 Å². The van der Waals surface area contributed by atoms with Crippen LogP contribution in [0.4, 0.5) is 26.3 Å². The van der Waals surface area contributed by atoms with Gasteiger partial charge in [-0.3, -0.25) is 0 Å². The normalized spacial score (nSPS) is 12.8. The molecular formula is C18H26F6O2Si. The fourth-order valence-electron chi connectivity index (χ4n) is 2.52. The smallest absolute Gasteiger partial charge is 0.397 e. The van der Waals surface area contributed by atoms with Crippen LogP contribution in [0, 0.1) is 0 Å². The lowest BCUT2D eigenvalue weighted by molar-refractivity contribution is -0.143. The Balaban J connectivity index is 2.69. The van der Waals surface area contributed by atoms with Crippen LogP contribution in [0.1, 0.15) is 56.2 Å². The summed E-state index contributed by atoms with van der Waals surface area (Å²) in [7, 11) is -1.83. The number of alkyl halides is 6. The molecule has 2 nitrogen and oxygen atoms in total. The molecule has 0 bridgehead atoms. The molecule has 0 unspecified atom stereocenters. The molecule has 0 fully saturated rings. The van der Waals surface area contributed by atoms with E-state index in [1.54, 1.807) is 0 Å². The summed E-state index contributed by atoms with van der Waals surface area (Å²) in [5, 5.41) is 0. The van der Waals surface area contributed by atoms with Crippen molar-refractivity contribution in [3.63, 3.8) is 0 Å². The van der Waals surface area contributed by atoms with Gasteiger partial charge in [-0.15, -0.1) is 0 Å². The van der Waals surface area contributed by atoms with E-state index in [0.29, 0.717) is 32.1 Å². The third kappa shape index (κ3) is 9.12. The average Bonchev–Trinajstić information content (AvgIpc) is 2.58. The van der Waals surface area contributed by atoms with Crippen LogP contribution in [0.25, 0.3) is 0 Å². The highest BCUT2D eigenvalue weighted by Gasteiger charge is 2.36. The molecule has 0 aliphatic rings. The summed E-state index contributed by atoms with van der Waals surface area (Å²) in [6, 6.07) is 2.44. The lowest BCUT2D eigenvalue weighted by atomic mass is 10.0. The molecule has 0 atom stereocenters. The van der Waals surface area contributed by atoms with Gasteiger partial charge in [-0.05, 0) is 55.5 Å². The molecule has 1 aromatic carbocycles. The van der Waals surface area contributed by atoms with Crippen molar-refractivity contribution < 1.29 is 35.2 Å². The van der Waals surface area contributed by atoms with Gasteiger partial charge >= 0.3 is 21.6 Å². The van der Waals surface area contributed by atoms with E-state index in [4.69, 9.17) is 8.85 Å². The maximum absolute atomic E-state index is 12.9. The SMILES string of the molecule is CCCO[SiH](CCCCc1cc(C(F)(F)F)cc(C(F)(F)F)c1)OCCC. The maximum Gasteiger partial charge on any atom is 0.416 e. The second-order valence-corrected chi connectivity index (χ2v) is 8.43. The quantitative estimate of drug-likeness (QED) is 0.246. The first-order valence-electron chi connectivity index (χ1n) is 9.09. The fourth-order valence-corrected chi connectivity index (χ4v) is 4.57. The molecule has 0 aliphatic carbocycles. The molecule has 27 heavy (non-hydrogen) atoms. The minimum absolute atomic E-state index is 0.0410. The Labute approximate surface area is 157 Å². The molecule has 0 spiro atoms. The molecule has 0 amide bonds. The molecular weight excluding hydrogens is 390 g/mol. The van der Waals surface area contributed by atoms with Crippen LogP contribution in [-0.4, -0.2) is 22.5 Å². The van der Waals surface area contributed by atoms with Crippen molar-refractivity contribution in [3.05, 3.63) is 34.9 Å². The third-order valence-corrected chi connectivity index (χ3v) is 5.91. The van der Waals surface area contributed by atoms with Crippen molar-refractivity contribution in [3.8, 4) is 0 Å². The number of halogens is 6. The predicted octanol–water partition coefficient (Wildman–Crippen LogP) is 6.12. The summed E-state index contributed by atoms with van der Waals surface area (Å²) in [5.41, 5.74) is -2.49. The molecule has 0 saturated heterocycles. The summed E-state index contributed by atoms with van der Waals surface area (Å²) in [6.45, 7) is 5.17. The summed E-state index contributed by atoms with van der Waals surface area (Å²) < 4.78 is 88.6. The average molecular weight is 416 g/mol. The van der Waals surface area contributed by atoms with Crippen molar-refractivity contribution in [2.75, 3.05) is 13.2 Å². The topological polar surface area (TPSA) is 18.5 Å². The van der Waals surface area contributed by atoms with Crippen LogP contribution < -0.4 is 0 Å². The van der Waals surface area contributed by atoms with Crippen LogP contribution in [-0.2, 0) is 27.6 Å². The molecule has 156 valence electrons. The van der Waals surface area contributed by atoms with E-state index >= 15 is 0 Å². The molecule has 1 aromatic rings. The van der Waals surface area contributed by atoms with Gasteiger partial charge < -0.3 is 8.85 Å². The minimum atomic E-state index is -4.81. The highest BCUT2D eigenvalue weighted by atomic mass is 28.3. The largest absolute Gasteiger partial charge is 0.416 e. The number of hydrogen-bond acceptors (Lipinski definition) is 2. The zero-order valence-electron chi connectivity index (χ0n) is 15.6. The van der Waals surface area contributed by atoms with E-state index in [-0.39, 0.29) is 18.1 Å². The minimum Gasteiger partial charge on any atom is -0.397 e. The summed E-state index contributed by atoms with van der Waals surface area (Å²) >= 11 is 0. The number of unbranched alkanes of at least 4 members (excludes halogenated alkanes) is 1. The van der Waals surface area contributed by atoms with Gasteiger partial charge in [0.2, 0.25) is 0 Å². The van der Waals surface area contributed by atoms with Gasteiger partial charge in [-0.1, -0.05) is 20.3 Å². The number of hydrogen-bond donors (Lipinski definition) is 0. The first-order valence-corrected chi connectivity index (χ1v) is 10.9. The Morgan fingerprint density at radius 1 is 0.778 bits per heavy atom. The van der Waals surface area contributed by atoms with Crippen molar-refractivity contribution in [1.29, 1.82) is 0 Å². The van der Waals surface area contributed by atoms with Gasteiger partial charge in [-0.25, -0.2) is 0 Å². The fraction of sp³-hybridized carbons (Fsp3) is 0.667. The monoisotopic (exact) mass is 416 g/mol. The van der Waals surface area contributed by atoms with Crippen LogP contribution >= 0.6 is 0 Å². The summed E-state index contributed by atoms with van der Waals surface area (Å²) in [5.74, 6) is 0. The first kappa shape index (κ1) is 24.0. The Bertz CT molecular complexity index is 520. The van der Waals surface area contributed by atoms with Gasteiger partial charge in [0.05, 0.1) is 11.1 Å². The Kier molecular flexibility index (Phi) is 9.82. The number of rotatable bonds is 11. The van der Waals surface area contributed by atoms with Crippen LogP contribution in [0.15, 0.2) is 18.2 Å². The van der Waals surface area contributed by atoms with E-state index in [1.165, 1.54) is 0 Å². The highest BCUT2D eigenvalue weighted by Crippen LogP contribution is 2.36. The van der Waals surface area contributed by atoms with Gasteiger partial charge in [0, 0.05) is 13.2 Å². The highest BCUT2D eigenvalue weighted by molar-refractivity contribution is 6.44. The zero-order chi connectivity index (χ0) is 20.5. The summed E-state index contributed by atoms with van der Waals surface area (Å²) in [4.78, 5) is 0. The van der Waals surface area contributed by atoms with E-state index in [2.05, 4.69) is 0 Å². The molecule has 9 heteroatoms. The van der Waals surface area contributed by atoms with Crippen molar-refractivity contribution in [2.24, 2.45) is 0 Å². The van der Waals surface area contributed by atoms with Crippen molar-refractivity contribution in [1.82, 2.24) is 0 Å². The molecule has 0 aromatic heterocycles. The van der Waals surface area contributed by atoms with Gasteiger partial charge in [0.25, 0.3) is 0 Å². The second-order valence-electron chi connectivity index (χ2n) is 6.33. The van der Waals surface area contributed by atoms with Gasteiger partial charge in [-0.2, -0.15) is 26.3 Å². The Hall–Kier alpha value is -1.06. The van der Waals surface area contributed by atoms with Gasteiger partial charge in [0.1, 0.15) is 0 Å². The Morgan fingerprint density at radius 3 is 1.67 bits per heavy atom. The lowest BCUT2D eigenvalue weighted by Gasteiger charge is -2.16. The molecule has 0 radical (unpaired) electrons. The standard InChI is InChI=1S/C18H26F6O2Si/c1-3-8-25-27(26-9-4-2)10-6-5-7-14-11-15(17(19,20)21)13-16(12-14)18(22,23)24/h11-13,27H,3-10H2,1-2H3. The van der Waals surface area contributed by atoms with Crippen LogP contribution in [0.5, 0.6) is 0 Å². The number of aryl methyl sites for hydroxylation is 1. The molecule has 0 saturated carbocycles. The van der Waals surface area contributed by atoms with E-state index in [9.17, 15) is 26.3 Å². The predicted molar refractivity (Wildman–Crippen MR) is 93.8 cm³/mol. The molecule has 0 aliphatic heterocycles. The lowest BCUT2D eigenvalue weighted by Crippen LogP contribution is -2.23. The van der Waals surface area contributed by atoms with Crippen LogP contribution in [0.3, 0.4) is 0 Å². The molecule has 1 rings (SSSR count). The van der Waals surface area contributed by atoms with E-state index in [0.717, 1.165) is 25.0 Å². The summed E-state index contributed by atoms with van der Waals surface area (Å²) in [6.07, 6.45) is -6.62. The molecule has 0 heterocycles. The van der Waals surface area contributed by atoms with E-state index in [1.807, 2.05) is 13.8 Å². The molecule has 0 N–H and O–H groups in total. The van der Waals surface area contributed by atoms with Crippen LogP contribution in [0.2, 0.25) is 6.04 Å². The Morgan fingerprint density at radius 2 is 1.26 bits per heavy atom. The maximum atomic E-state index is 12.9. The second kappa shape index (κ2) is 11.1. The van der Waals surface area contributed by atoms with Gasteiger partial charge in [0.15, 0.2) is 0 Å².